The Morgan fingerprint density at radius 3 is 2.88 bits per heavy atom. The van der Waals surface area contributed by atoms with Gasteiger partial charge in [0.15, 0.2) is 0 Å². The molecule has 0 unspecified atom stereocenters. The number of hydrogen-bond acceptors (Lipinski definition) is 1. The molecule has 0 N–H and O–H groups in total. The highest BCUT2D eigenvalue weighted by atomic mass is 35.5. The van der Waals surface area contributed by atoms with Crippen molar-refractivity contribution >= 4 is 11.6 Å². The molecule has 17 heavy (non-hydrogen) atoms. The molecule has 0 radical (unpaired) electrons. The smallest absolute Gasteiger partial charge is 0.130 e. The summed E-state index contributed by atoms with van der Waals surface area (Å²) in [5.74, 6) is 1.03. The molecule has 2 heteroatoms. The summed E-state index contributed by atoms with van der Waals surface area (Å²) < 4.78 is 5.74. The van der Waals surface area contributed by atoms with Gasteiger partial charge in [0.25, 0.3) is 0 Å². The summed E-state index contributed by atoms with van der Waals surface area (Å²) in [6, 6.07) is 12.3. The lowest BCUT2D eigenvalue weighted by Gasteiger charge is -2.10. The molecule has 0 aromatic heterocycles. The molecule has 1 aliphatic heterocycles. The first-order chi connectivity index (χ1) is 8.24. The van der Waals surface area contributed by atoms with E-state index >= 15 is 0 Å². The zero-order valence-corrected chi connectivity index (χ0v) is 10.4. The van der Waals surface area contributed by atoms with Crippen LogP contribution in [0.3, 0.4) is 0 Å². The summed E-state index contributed by atoms with van der Waals surface area (Å²) in [4.78, 5) is 0. The van der Waals surface area contributed by atoms with Crippen LogP contribution in [-0.4, -0.2) is 6.61 Å². The lowest BCUT2D eigenvalue weighted by atomic mass is 9.98. The van der Waals surface area contributed by atoms with Gasteiger partial charge in [0.2, 0.25) is 0 Å². The highest BCUT2D eigenvalue weighted by Crippen LogP contribution is 2.38. The first kappa shape index (κ1) is 10.7. The van der Waals surface area contributed by atoms with Gasteiger partial charge in [-0.1, -0.05) is 29.8 Å². The van der Waals surface area contributed by atoms with Gasteiger partial charge in [-0.2, -0.15) is 0 Å². The van der Waals surface area contributed by atoms with Gasteiger partial charge in [0, 0.05) is 17.0 Å². The van der Waals surface area contributed by atoms with Crippen molar-refractivity contribution in [2.24, 2.45) is 0 Å². The molecule has 2 aromatic rings. The van der Waals surface area contributed by atoms with Crippen LogP contribution in [0.25, 0.3) is 11.1 Å². The topological polar surface area (TPSA) is 9.23 Å². The van der Waals surface area contributed by atoms with E-state index in [0.717, 1.165) is 34.9 Å². The van der Waals surface area contributed by atoms with Gasteiger partial charge >= 0.3 is 0 Å². The number of benzene rings is 2. The summed E-state index contributed by atoms with van der Waals surface area (Å²) in [6.45, 7) is 2.90. The quantitative estimate of drug-likeness (QED) is 0.729. The number of halogens is 1. The van der Waals surface area contributed by atoms with Gasteiger partial charge in [-0.25, -0.2) is 0 Å². The third kappa shape index (κ3) is 1.91. The summed E-state index contributed by atoms with van der Waals surface area (Å²) >= 11 is 6.04. The Bertz CT molecular complexity index is 575. The molecule has 0 amide bonds. The predicted octanol–water partition coefficient (Wildman–Crippen LogP) is 4.25. The third-order valence-corrected chi connectivity index (χ3v) is 3.30. The van der Waals surface area contributed by atoms with E-state index in [1.165, 1.54) is 11.1 Å². The van der Waals surface area contributed by atoms with Crippen LogP contribution < -0.4 is 4.74 Å². The fourth-order valence-electron chi connectivity index (χ4n) is 2.34. The Hall–Kier alpha value is -1.47. The van der Waals surface area contributed by atoms with Crippen LogP contribution in [0.15, 0.2) is 36.4 Å². The van der Waals surface area contributed by atoms with Crippen LogP contribution in [0.5, 0.6) is 5.75 Å². The van der Waals surface area contributed by atoms with Gasteiger partial charge in [-0.05, 0) is 41.8 Å². The summed E-state index contributed by atoms with van der Waals surface area (Å²) in [7, 11) is 0. The molecule has 0 spiro atoms. The average Bonchev–Trinajstić information content (AvgIpc) is 2.75. The standard InChI is InChI=1S/C15H13ClO/c1-10-7-12-5-6-17-15(12)14(8-10)11-3-2-4-13(16)9-11/h2-4,7-9H,5-6H2,1H3. The second kappa shape index (κ2) is 4.08. The van der Waals surface area contributed by atoms with E-state index in [4.69, 9.17) is 16.3 Å². The van der Waals surface area contributed by atoms with E-state index in [1.807, 2.05) is 18.2 Å². The second-order valence-electron chi connectivity index (χ2n) is 4.41. The zero-order chi connectivity index (χ0) is 11.8. The molecule has 1 nitrogen and oxygen atoms in total. The van der Waals surface area contributed by atoms with Crippen LogP contribution >= 0.6 is 11.6 Å². The lowest BCUT2D eigenvalue weighted by Crippen LogP contribution is -1.89. The van der Waals surface area contributed by atoms with E-state index in [-0.39, 0.29) is 0 Å². The molecular weight excluding hydrogens is 232 g/mol. The van der Waals surface area contributed by atoms with Crippen LogP contribution in [0.4, 0.5) is 0 Å². The fraction of sp³-hybridized carbons (Fsp3) is 0.200. The van der Waals surface area contributed by atoms with Crippen molar-refractivity contribution in [3.8, 4) is 16.9 Å². The number of aryl methyl sites for hydroxylation is 1. The Morgan fingerprint density at radius 2 is 2.06 bits per heavy atom. The van der Waals surface area contributed by atoms with Crippen molar-refractivity contribution in [3.63, 3.8) is 0 Å². The Balaban J connectivity index is 2.21. The van der Waals surface area contributed by atoms with Gasteiger partial charge in [-0.15, -0.1) is 0 Å². The molecular formula is C15H13ClO. The first-order valence-corrected chi connectivity index (χ1v) is 6.14. The third-order valence-electron chi connectivity index (χ3n) is 3.06. The normalized spacial score (nSPS) is 13.3. The van der Waals surface area contributed by atoms with Crippen molar-refractivity contribution in [1.29, 1.82) is 0 Å². The van der Waals surface area contributed by atoms with Crippen molar-refractivity contribution in [1.82, 2.24) is 0 Å². The average molecular weight is 245 g/mol. The highest BCUT2D eigenvalue weighted by Gasteiger charge is 2.18. The zero-order valence-electron chi connectivity index (χ0n) is 9.66. The molecule has 2 aromatic carbocycles. The van der Waals surface area contributed by atoms with Crippen LogP contribution in [-0.2, 0) is 6.42 Å². The summed E-state index contributed by atoms with van der Waals surface area (Å²) in [5, 5.41) is 0.760. The maximum atomic E-state index is 6.04. The van der Waals surface area contributed by atoms with Crippen molar-refractivity contribution in [2.75, 3.05) is 6.61 Å². The van der Waals surface area contributed by atoms with E-state index in [0.29, 0.717) is 0 Å². The first-order valence-electron chi connectivity index (χ1n) is 5.76. The minimum atomic E-state index is 0.760. The maximum Gasteiger partial charge on any atom is 0.130 e. The van der Waals surface area contributed by atoms with Crippen LogP contribution in [0, 0.1) is 6.92 Å². The monoisotopic (exact) mass is 244 g/mol. The summed E-state index contributed by atoms with van der Waals surface area (Å²) in [6.07, 6.45) is 1.00. The van der Waals surface area contributed by atoms with Gasteiger partial charge in [-0.3, -0.25) is 0 Å². The van der Waals surface area contributed by atoms with Crippen molar-refractivity contribution in [2.45, 2.75) is 13.3 Å². The second-order valence-corrected chi connectivity index (χ2v) is 4.85. The van der Waals surface area contributed by atoms with Crippen molar-refractivity contribution < 1.29 is 4.74 Å². The SMILES string of the molecule is Cc1cc2c(c(-c3cccc(Cl)c3)c1)OCC2. The van der Waals surface area contributed by atoms with Crippen molar-refractivity contribution in [3.05, 3.63) is 52.5 Å². The van der Waals surface area contributed by atoms with E-state index in [9.17, 15) is 0 Å². The predicted molar refractivity (Wildman–Crippen MR) is 70.8 cm³/mol. The number of fused-ring (bicyclic) bond motifs is 1. The van der Waals surface area contributed by atoms with E-state index < -0.39 is 0 Å². The van der Waals surface area contributed by atoms with Gasteiger partial charge in [0.1, 0.15) is 5.75 Å². The maximum absolute atomic E-state index is 6.04. The molecule has 0 saturated carbocycles. The Morgan fingerprint density at radius 1 is 1.18 bits per heavy atom. The lowest BCUT2D eigenvalue weighted by molar-refractivity contribution is 0.358. The van der Waals surface area contributed by atoms with Gasteiger partial charge in [0.05, 0.1) is 6.61 Å². The molecule has 0 atom stereocenters. The number of rotatable bonds is 1. The van der Waals surface area contributed by atoms with E-state index in [1.54, 1.807) is 0 Å². The molecule has 3 rings (SSSR count). The minimum Gasteiger partial charge on any atom is -0.492 e. The van der Waals surface area contributed by atoms with Gasteiger partial charge < -0.3 is 4.74 Å². The highest BCUT2D eigenvalue weighted by molar-refractivity contribution is 6.30. The molecule has 1 heterocycles. The minimum absolute atomic E-state index is 0.760. The Labute approximate surface area is 106 Å². The fourth-order valence-corrected chi connectivity index (χ4v) is 2.53. The molecule has 0 fully saturated rings. The number of hydrogen-bond donors (Lipinski definition) is 0. The largest absolute Gasteiger partial charge is 0.492 e. The molecule has 1 aliphatic rings. The molecule has 0 bridgehead atoms. The van der Waals surface area contributed by atoms with Crippen LogP contribution in [0.1, 0.15) is 11.1 Å². The van der Waals surface area contributed by atoms with Crippen LogP contribution in [0.2, 0.25) is 5.02 Å². The molecule has 86 valence electrons. The van der Waals surface area contributed by atoms with E-state index in [2.05, 4.69) is 25.1 Å². The number of ether oxygens (including phenoxy) is 1. The molecule has 0 aliphatic carbocycles. The Kier molecular flexibility index (Phi) is 2.56. The summed E-state index contributed by atoms with van der Waals surface area (Å²) in [5.41, 5.74) is 4.85. The molecule has 0 saturated heterocycles.